The first kappa shape index (κ1) is 32.8. The van der Waals surface area contributed by atoms with Gasteiger partial charge < -0.3 is 20.2 Å². The number of carboxylic acid groups (broad SMARTS) is 3. The number of hydrogen-bond acceptors (Lipinski definition) is 6. The van der Waals surface area contributed by atoms with E-state index in [4.69, 9.17) is 15.3 Å². The van der Waals surface area contributed by atoms with Crippen LogP contribution in [0.1, 0.15) is 48.3 Å². The molecule has 0 bridgehead atoms. The minimum absolute atomic E-state index is 0.0568. The van der Waals surface area contributed by atoms with Gasteiger partial charge in [-0.1, -0.05) is 91.0 Å². The second-order valence-electron chi connectivity index (χ2n) is 11.0. The molecule has 1 amide bonds. The zero-order chi connectivity index (χ0) is 32.2. The van der Waals surface area contributed by atoms with E-state index in [9.17, 15) is 19.2 Å². The first-order chi connectivity index (χ1) is 21.7. The Morgan fingerprint density at radius 1 is 0.756 bits per heavy atom. The summed E-state index contributed by atoms with van der Waals surface area (Å²) in [6.07, 6.45) is 3.37. The maximum absolute atomic E-state index is 13.6. The van der Waals surface area contributed by atoms with Gasteiger partial charge in [-0.3, -0.25) is 9.59 Å². The lowest BCUT2D eigenvalue weighted by Gasteiger charge is -2.39. The number of amides is 1. The van der Waals surface area contributed by atoms with Gasteiger partial charge in [-0.15, -0.1) is 0 Å². The minimum atomic E-state index is -1.26. The highest BCUT2D eigenvalue weighted by molar-refractivity contribution is 6.19. The van der Waals surface area contributed by atoms with E-state index in [0.717, 1.165) is 37.3 Å². The van der Waals surface area contributed by atoms with Crippen molar-refractivity contribution in [3.05, 3.63) is 120 Å². The third kappa shape index (κ3) is 8.73. The van der Waals surface area contributed by atoms with Gasteiger partial charge in [-0.05, 0) is 55.6 Å². The number of benzene rings is 3. The summed E-state index contributed by atoms with van der Waals surface area (Å²) in [4.78, 5) is 46.4. The molecule has 2 aliphatic heterocycles. The van der Waals surface area contributed by atoms with E-state index < -0.39 is 23.3 Å². The standard InChI is InChI=1S/C31H33N3O3.C4H4O4/c35-28(36)17-21-34-30(37)31(29(32-34)26-14-8-3-9-15-26)18-22-33(23-19-31)20-16-27(24-10-4-1-5-11-24)25-12-6-2-7-13-25;5-3(6)1-2-4(7)8/h1-15,27H,16-23H2,(H,35,36);1-2H,(H,5,6)(H,7,8)/b;2-1-. The zero-order valence-electron chi connectivity index (χ0n) is 24.9. The molecule has 0 aromatic heterocycles. The molecule has 3 aromatic carbocycles. The number of rotatable bonds is 11. The predicted octanol–water partition coefficient (Wildman–Crippen LogP) is 4.72. The van der Waals surface area contributed by atoms with Crippen molar-refractivity contribution in [2.24, 2.45) is 10.5 Å². The zero-order valence-corrected chi connectivity index (χ0v) is 24.9. The van der Waals surface area contributed by atoms with Crippen LogP contribution in [0, 0.1) is 5.41 Å². The monoisotopic (exact) mass is 611 g/mol. The van der Waals surface area contributed by atoms with Crippen molar-refractivity contribution in [3.63, 3.8) is 0 Å². The Bertz CT molecular complexity index is 1460. The molecular formula is C35H37N3O7. The number of nitrogens with zero attached hydrogens (tertiary/aromatic N) is 3. The fourth-order valence-electron chi connectivity index (χ4n) is 5.85. The van der Waals surface area contributed by atoms with E-state index in [1.54, 1.807) is 0 Å². The van der Waals surface area contributed by atoms with Crippen LogP contribution in [0.4, 0.5) is 0 Å². The average molecular weight is 612 g/mol. The maximum atomic E-state index is 13.6. The second-order valence-corrected chi connectivity index (χ2v) is 11.0. The molecule has 0 aliphatic carbocycles. The summed E-state index contributed by atoms with van der Waals surface area (Å²) in [5, 5.41) is 30.9. The fraction of sp³-hybridized carbons (Fsp3) is 0.286. The van der Waals surface area contributed by atoms with Crippen molar-refractivity contribution in [2.45, 2.75) is 31.6 Å². The molecule has 0 unspecified atom stereocenters. The van der Waals surface area contributed by atoms with E-state index >= 15 is 0 Å². The Morgan fingerprint density at radius 2 is 1.24 bits per heavy atom. The van der Waals surface area contributed by atoms with Crippen molar-refractivity contribution >= 4 is 29.5 Å². The SMILES string of the molecule is O=C(O)/C=C\C(=O)O.O=C(O)CCN1N=C(c2ccccc2)C2(CCN(CCC(c3ccccc3)c3ccccc3)CC2)C1=O. The first-order valence-corrected chi connectivity index (χ1v) is 14.8. The van der Waals surface area contributed by atoms with E-state index in [2.05, 4.69) is 70.7 Å². The average Bonchev–Trinajstić information content (AvgIpc) is 3.32. The molecule has 0 saturated carbocycles. The largest absolute Gasteiger partial charge is 0.481 e. The van der Waals surface area contributed by atoms with Crippen LogP contribution in [0.15, 0.2) is 108 Å². The van der Waals surface area contributed by atoms with Crippen molar-refractivity contribution in [3.8, 4) is 0 Å². The highest BCUT2D eigenvalue weighted by atomic mass is 16.4. The van der Waals surface area contributed by atoms with E-state index in [0.29, 0.717) is 30.9 Å². The van der Waals surface area contributed by atoms with Gasteiger partial charge in [0.2, 0.25) is 0 Å². The summed E-state index contributed by atoms with van der Waals surface area (Å²) in [5.41, 5.74) is 3.68. The van der Waals surface area contributed by atoms with Gasteiger partial charge in [0.15, 0.2) is 0 Å². The van der Waals surface area contributed by atoms with Crippen molar-refractivity contribution < 1.29 is 34.5 Å². The third-order valence-corrected chi connectivity index (χ3v) is 8.12. The van der Waals surface area contributed by atoms with Crippen LogP contribution in [-0.4, -0.2) is 80.9 Å². The Labute approximate surface area is 261 Å². The summed E-state index contributed by atoms with van der Waals surface area (Å²) in [6, 6.07) is 31.2. The van der Waals surface area contributed by atoms with Crippen LogP contribution in [0.3, 0.4) is 0 Å². The summed E-state index contributed by atoms with van der Waals surface area (Å²) in [7, 11) is 0. The van der Waals surface area contributed by atoms with Crippen LogP contribution >= 0.6 is 0 Å². The summed E-state index contributed by atoms with van der Waals surface area (Å²) < 4.78 is 0. The molecule has 1 saturated heterocycles. The van der Waals surface area contributed by atoms with Crippen LogP contribution in [0.2, 0.25) is 0 Å². The van der Waals surface area contributed by atoms with Gasteiger partial charge in [-0.2, -0.15) is 5.10 Å². The predicted molar refractivity (Wildman–Crippen MR) is 169 cm³/mol. The molecule has 10 nitrogen and oxygen atoms in total. The normalized spacial score (nSPS) is 16.0. The lowest BCUT2D eigenvalue weighted by molar-refractivity contribution is -0.141. The highest BCUT2D eigenvalue weighted by Gasteiger charge is 2.52. The summed E-state index contributed by atoms with van der Waals surface area (Å²) in [5.74, 6) is -3.18. The quantitative estimate of drug-likeness (QED) is 0.264. The molecular weight excluding hydrogens is 574 g/mol. The van der Waals surface area contributed by atoms with Crippen molar-refractivity contribution in [2.75, 3.05) is 26.2 Å². The highest BCUT2D eigenvalue weighted by Crippen LogP contribution is 2.42. The number of hydrogen-bond donors (Lipinski definition) is 3. The van der Waals surface area contributed by atoms with Crippen molar-refractivity contribution in [1.82, 2.24) is 9.91 Å². The van der Waals surface area contributed by atoms with Crippen LogP contribution in [-0.2, 0) is 19.2 Å². The minimum Gasteiger partial charge on any atom is -0.481 e. The van der Waals surface area contributed by atoms with Gasteiger partial charge in [-0.25, -0.2) is 14.6 Å². The van der Waals surface area contributed by atoms with E-state index in [1.807, 2.05) is 30.3 Å². The molecule has 3 aromatic rings. The molecule has 2 aliphatic rings. The number of piperidine rings is 1. The molecule has 10 heteroatoms. The lowest BCUT2D eigenvalue weighted by atomic mass is 9.72. The van der Waals surface area contributed by atoms with Crippen LogP contribution in [0.25, 0.3) is 0 Å². The van der Waals surface area contributed by atoms with Gasteiger partial charge in [0, 0.05) is 18.1 Å². The van der Waals surface area contributed by atoms with Gasteiger partial charge >= 0.3 is 17.9 Å². The van der Waals surface area contributed by atoms with Gasteiger partial charge in [0.1, 0.15) is 0 Å². The molecule has 0 radical (unpaired) electrons. The molecule has 3 N–H and O–H groups in total. The smallest absolute Gasteiger partial charge is 0.328 e. The molecule has 0 atom stereocenters. The van der Waals surface area contributed by atoms with E-state index in [-0.39, 0.29) is 18.9 Å². The maximum Gasteiger partial charge on any atom is 0.328 e. The number of carbonyl (C=O) groups is 4. The van der Waals surface area contributed by atoms with Crippen molar-refractivity contribution in [1.29, 1.82) is 0 Å². The van der Waals surface area contributed by atoms with Gasteiger partial charge in [0.05, 0.1) is 24.1 Å². The third-order valence-electron chi connectivity index (χ3n) is 8.12. The Hall–Kier alpha value is -5.09. The van der Waals surface area contributed by atoms with E-state index in [1.165, 1.54) is 16.1 Å². The molecule has 45 heavy (non-hydrogen) atoms. The summed E-state index contributed by atoms with van der Waals surface area (Å²) in [6.45, 7) is 2.66. The lowest BCUT2D eigenvalue weighted by Crippen LogP contribution is -2.49. The van der Waals surface area contributed by atoms with Gasteiger partial charge in [0.25, 0.3) is 5.91 Å². The van der Waals surface area contributed by atoms with Crippen LogP contribution < -0.4 is 0 Å². The summed E-state index contributed by atoms with van der Waals surface area (Å²) >= 11 is 0. The number of likely N-dealkylation sites (tertiary alicyclic amines) is 1. The molecule has 5 rings (SSSR count). The number of carbonyl (C=O) groups excluding carboxylic acids is 1. The number of aliphatic carboxylic acids is 3. The Morgan fingerprint density at radius 3 is 1.71 bits per heavy atom. The Balaban J connectivity index is 0.000000510. The number of hydrazone groups is 1. The molecule has 1 fully saturated rings. The number of carboxylic acids is 3. The van der Waals surface area contributed by atoms with Crippen LogP contribution in [0.5, 0.6) is 0 Å². The molecule has 2 heterocycles. The fourth-order valence-corrected chi connectivity index (χ4v) is 5.85. The molecule has 1 spiro atoms. The molecule has 234 valence electrons. The Kier molecular flexibility index (Phi) is 11.4. The topological polar surface area (TPSA) is 148 Å². The second kappa shape index (κ2) is 15.6. The first-order valence-electron chi connectivity index (χ1n) is 14.8.